The normalized spacial score (nSPS) is 16.4. The molecule has 1 fully saturated rings. The van der Waals surface area contributed by atoms with Crippen LogP contribution in [0.1, 0.15) is 32.2 Å². The van der Waals surface area contributed by atoms with Gasteiger partial charge in [-0.25, -0.2) is 0 Å². The fraction of sp³-hybridized carbons (Fsp3) is 0.526. The molecule has 0 N–H and O–H groups in total. The zero-order valence-corrected chi connectivity index (χ0v) is 16.1. The lowest BCUT2D eigenvalue weighted by molar-refractivity contribution is -0.141. The molecule has 0 radical (unpaired) electrons. The second-order valence-electron chi connectivity index (χ2n) is 7.91. The predicted molar refractivity (Wildman–Crippen MR) is 96.0 cm³/mol. The number of hydrogen-bond donors (Lipinski definition) is 0. The summed E-state index contributed by atoms with van der Waals surface area (Å²) in [7, 11) is 0. The van der Waals surface area contributed by atoms with Gasteiger partial charge in [0.25, 0.3) is 0 Å². The van der Waals surface area contributed by atoms with E-state index in [-0.39, 0.29) is 11.7 Å². The quantitative estimate of drug-likeness (QED) is 0.795. The van der Waals surface area contributed by atoms with E-state index in [0.717, 1.165) is 12.1 Å². The highest BCUT2D eigenvalue weighted by Gasteiger charge is 2.31. The number of amides is 1. The smallest absolute Gasteiger partial charge is 0.340 e. The van der Waals surface area contributed by atoms with Crippen molar-refractivity contribution in [1.29, 1.82) is 0 Å². The number of nitrogens with zero attached hydrogens (tertiary/aromatic N) is 4. The first-order valence-corrected chi connectivity index (χ1v) is 9.06. The molecule has 0 unspecified atom stereocenters. The summed E-state index contributed by atoms with van der Waals surface area (Å²) in [4.78, 5) is 20.6. The van der Waals surface area contributed by atoms with Crippen molar-refractivity contribution in [3.8, 4) is 11.4 Å². The molecule has 28 heavy (non-hydrogen) atoms. The lowest BCUT2D eigenvalue weighted by atomic mass is 9.94. The minimum absolute atomic E-state index is 0.134. The number of benzene rings is 1. The standard InChI is InChI=1S/C19H23F3N4O2/c1-18(2,3)17(27)26-10-8-25(9-11-26)12-15-23-16(24-28-15)13-4-6-14(7-5-13)19(20,21)22/h4-7H,8-12H2,1-3H3. The molecule has 2 aromatic rings. The van der Waals surface area contributed by atoms with Crippen molar-refractivity contribution in [2.24, 2.45) is 5.41 Å². The van der Waals surface area contributed by atoms with Gasteiger partial charge in [-0.3, -0.25) is 9.69 Å². The minimum Gasteiger partial charge on any atom is -0.340 e. The number of hydrogen-bond acceptors (Lipinski definition) is 5. The van der Waals surface area contributed by atoms with Crippen LogP contribution in [0.4, 0.5) is 13.2 Å². The van der Waals surface area contributed by atoms with Crippen LogP contribution < -0.4 is 0 Å². The van der Waals surface area contributed by atoms with E-state index in [9.17, 15) is 18.0 Å². The Kier molecular flexibility index (Phi) is 5.47. The van der Waals surface area contributed by atoms with Gasteiger partial charge in [0.15, 0.2) is 0 Å². The molecule has 3 rings (SSSR count). The van der Waals surface area contributed by atoms with Crippen LogP contribution in [0.25, 0.3) is 11.4 Å². The molecule has 1 aromatic carbocycles. The summed E-state index contributed by atoms with van der Waals surface area (Å²) in [6.45, 7) is 8.81. The number of piperazine rings is 1. The summed E-state index contributed by atoms with van der Waals surface area (Å²) in [5.41, 5.74) is -0.656. The monoisotopic (exact) mass is 396 g/mol. The summed E-state index contributed by atoms with van der Waals surface area (Å²) in [6.07, 6.45) is -4.38. The molecule has 1 aliphatic heterocycles. The van der Waals surface area contributed by atoms with E-state index < -0.39 is 17.2 Å². The highest BCUT2D eigenvalue weighted by Crippen LogP contribution is 2.30. The molecule has 0 bridgehead atoms. The van der Waals surface area contributed by atoms with Crippen molar-refractivity contribution in [3.63, 3.8) is 0 Å². The fourth-order valence-electron chi connectivity index (χ4n) is 3.02. The largest absolute Gasteiger partial charge is 0.416 e. The first kappa shape index (κ1) is 20.3. The third kappa shape index (κ3) is 4.70. The second kappa shape index (κ2) is 7.54. The van der Waals surface area contributed by atoms with Crippen LogP contribution in [0.5, 0.6) is 0 Å². The number of aromatic nitrogens is 2. The van der Waals surface area contributed by atoms with Crippen molar-refractivity contribution >= 4 is 5.91 Å². The maximum atomic E-state index is 12.6. The van der Waals surface area contributed by atoms with E-state index >= 15 is 0 Å². The van der Waals surface area contributed by atoms with Crippen molar-refractivity contribution in [3.05, 3.63) is 35.7 Å². The van der Waals surface area contributed by atoms with E-state index in [1.165, 1.54) is 12.1 Å². The van der Waals surface area contributed by atoms with E-state index in [0.29, 0.717) is 44.2 Å². The van der Waals surface area contributed by atoms with Gasteiger partial charge in [-0.2, -0.15) is 18.2 Å². The summed E-state index contributed by atoms with van der Waals surface area (Å²) >= 11 is 0. The van der Waals surface area contributed by atoms with Crippen molar-refractivity contribution in [2.75, 3.05) is 26.2 Å². The molecule has 1 aliphatic rings. The number of carbonyl (C=O) groups excluding carboxylic acids is 1. The number of alkyl halides is 3. The Morgan fingerprint density at radius 2 is 1.68 bits per heavy atom. The van der Waals surface area contributed by atoms with E-state index in [1.807, 2.05) is 25.7 Å². The van der Waals surface area contributed by atoms with Gasteiger partial charge in [-0.05, 0) is 12.1 Å². The Hall–Kier alpha value is -2.42. The van der Waals surface area contributed by atoms with Crippen LogP contribution in [-0.4, -0.2) is 52.0 Å². The molecule has 0 atom stereocenters. The van der Waals surface area contributed by atoms with Crippen molar-refractivity contribution in [1.82, 2.24) is 19.9 Å². The van der Waals surface area contributed by atoms with Crippen LogP contribution in [0.2, 0.25) is 0 Å². The van der Waals surface area contributed by atoms with Crippen LogP contribution >= 0.6 is 0 Å². The molecule has 2 heterocycles. The Bertz CT molecular complexity index is 817. The van der Waals surface area contributed by atoms with Gasteiger partial charge in [0.1, 0.15) is 0 Å². The highest BCUT2D eigenvalue weighted by molar-refractivity contribution is 5.81. The SMILES string of the molecule is CC(C)(C)C(=O)N1CCN(Cc2nc(-c3ccc(C(F)(F)F)cc3)no2)CC1. The molecule has 0 aliphatic carbocycles. The average molecular weight is 396 g/mol. The van der Waals surface area contributed by atoms with E-state index in [1.54, 1.807) is 0 Å². The third-order valence-corrected chi connectivity index (χ3v) is 4.60. The summed E-state index contributed by atoms with van der Waals surface area (Å²) in [5, 5.41) is 3.86. The Balaban J connectivity index is 1.58. The van der Waals surface area contributed by atoms with Crippen LogP contribution in [0.3, 0.4) is 0 Å². The predicted octanol–water partition coefficient (Wildman–Crippen LogP) is 3.45. The van der Waals surface area contributed by atoms with Gasteiger partial charge in [0.05, 0.1) is 12.1 Å². The second-order valence-corrected chi connectivity index (χ2v) is 7.91. The lowest BCUT2D eigenvalue weighted by Gasteiger charge is -2.37. The van der Waals surface area contributed by atoms with E-state index in [4.69, 9.17) is 4.52 Å². The van der Waals surface area contributed by atoms with Crippen molar-refractivity contribution in [2.45, 2.75) is 33.5 Å². The molecule has 6 nitrogen and oxygen atoms in total. The molecule has 0 spiro atoms. The van der Waals surface area contributed by atoms with Gasteiger partial charge < -0.3 is 9.42 Å². The Morgan fingerprint density at radius 1 is 1.07 bits per heavy atom. The molecule has 9 heteroatoms. The van der Waals surface area contributed by atoms with Crippen LogP contribution in [-0.2, 0) is 17.5 Å². The van der Waals surface area contributed by atoms with Gasteiger partial charge in [-0.15, -0.1) is 0 Å². The van der Waals surface area contributed by atoms with Crippen molar-refractivity contribution < 1.29 is 22.5 Å². The topological polar surface area (TPSA) is 62.5 Å². The van der Waals surface area contributed by atoms with Gasteiger partial charge >= 0.3 is 6.18 Å². The molecule has 152 valence electrons. The summed E-state index contributed by atoms with van der Waals surface area (Å²) in [5.74, 6) is 0.783. The molecule has 1 aromatic heterocycles. The average Bonchev–Trinajstić information content (AvgIpc) is 3.09. The maximum Gasteiger partial charge on any atom is 0.416 e. The first-order valence-electron chi connectivity index (χ1n) is 9.06. The first-order chi connectivity index (χ1) is 13.0. The molecular formula is C19H23F3N4O2. The fourth-order valence-corrected chi connectivity index (χ4v) is 3.02. The summed E-state index contributed by atoms with van der Waals surface area (Å²) in [6, 6.07) is 4.65. The minimum atomic E-state index is -4.38. The molecule has 1 amide bonds. The molecular weight excluding hydrogens is 373 g/mol. The zero-order chi connectivity index (χ0) is 20.5. The van der Waals surface area contributed by atoms with Crippen LogP contribution in [0, 0.1) is 5.41 Å². The van der Waals surface area contributed by atoms with Gasteiger partial charge in [-0.1, -0.05) is 38.1 Å². The summed E-state index contributed by atoms with van der Waals surface area (Å²) < 4.78 is 43.2. The number of rotatable bonds is 3. The van der Waals surface area contributed by atoms with Gasteiger partial charge in [0.2, 0.25) is 17.6 Å². The maximum absolute atomic E-state index is 12.6. The van der Waals surface area contributed by atoms with Crippen LogP contribution in [0.15, 0.2) is 28.8 Å². The lowest BCUT2D eigenvalue weighted by Crippen LogP contribution is -2.51. The zero-order valence-electron chi connectivity index (χ0n) is 16.1. The number of carbonyl (C=O) groups is 1. The Labute approximate surface area is 161 Å². The number of halogens is 3. The van der Waals surface area contributed by atoms with E-state index in [2.05, 4.69) is 15.0 Å². The molecule has 0 saturated carbocycles. The highest BCUT2D eigenvalue weighted by atomic mass is 19.4. The third-order valence-electron chi connectivity index (χ3n) is 4.60. The molecule has 1 saturated heterocycles. The Morgan fingerprint density at radius 3 is 2.21 bits per heavy atom. The van der Waals surface area contributed by atoms with Gasteiger partial charge in [0, 0.05) is 37.2 Å².